The van der Waals surface area contributed by atoms with E-state index in [1.54, 1.807) is 11.8 Å². The number of rotatable bonds is 8. The lowest BCUT2D eigenvalue weighted by Crippen LogP contribution is -2.43. The van der Waals surface area contributed by atoms with Crippen molar-refractivity contribution in [3.05, 3.63) is 0 Å². The lowest BCUT2D eigenvalue weighted by Gasteiger charge is -2.27. The summed E-state index contributed by atoms with van der Waals surface area (Å²) in [4.78, 5) is 27.9. The van der Waals surface area contributed by atoms with Crippen LogP contribution in [-0.2, 0) is 19.1 Å². The van der Waals surface area contributed by atoms with E-state index in [4.69, 9.17) is 9.47 Å². The third kappa shape index (κ3) is 6.01. The summed E-state index contributed by atoms with van der Waals surface area (Å²) in [6.45, 7) is 4.36. The van der Waals surface area contributed by atoms with Crippen molar-refractivity contribution in [1.82, 2.24) is 9.80 Å². The van der Waals surface area contributed by atoms with E-state index < -0.39 is 0 Å². The Labute approximate surface area is 127 Å². The fourth-order valence-corrected chi connectivity index (χ4v) is 2.45. The van der Waals surface area contributed by atoms with Crippen molar-refractivity contribution < 1.29 is 19.1 Å². The van der Waals surface area contributed by atoms with Gasteiger partial charge in [0.05, 0.1) is 13.0 Å². The molecule has 2 atom stereocenters. The van der Waals surface area contributed by atoms with Gasteiger partial charge in [0.25, 0.3) is 5.91 Å². The largest absolute Gasteiger partial charge is 0.469 e. The Kier molecular flexibility index (Phi) is 7.67. The number of esters is 1. The number of methoxy groups -OCH3 is 1. The van der Waals surface area contributed by atoms with Gasteiger partial charge in [-0.25, -0.2) is 0 Å². The monoisotopic (exact) mass is 300 g/mol. The summed E-state index contributed by atoms with van der Waals surface area (Å²) >= 11 is 0. The second-order valence-corrected chi connectivity index (χ2v) is 5.87. The van der Waals surface area contributed by atoms with Gasteiger partial charge in [-0.05, 0) is 39.9 Å². The zero-order chi connectivity index (χ0) is 15.8. The molecule has 0 aliphatic carbocycles. The Hall–Kier alpha value is -1.14. The molecule has 0 aromatic heterocycles. The van der Waals surface area contributed by atoms with Crippen LogP contribution in [0.1, 0.15) is 26.2 Å². The maximum atomic E-state index is 12.5. The van der Waals surface area contributed by atoms with E-state index in [0.717, 1.165) is 25.8 Å². The van der Waals surface area contributed by atoms with Gasteiger partial charge in [-0.1, -0.05) is 6.92 Å². The van der Waals surface area contributed by atoms with E-state index >= 15 is 0 Å². The van der Waals surface area contributed by atoms with E-state index in [1.165, 1.54) is 7.11 Å². The maximum absolute atomic E-state index is 12.5. The molecule has 0 N–H and O–H groups in total. The second-order valence-electron chi connectivity index (χ2n) is 5.87. The minimum atomic E-state index is -0.339. The number of hydrogen-bond acceptors (Lipinski definition) is 5. The Morgan fingerprint density at radius 3 is 2.57 bits per heavy atom. The first-order chi connectivity index (χ1) is 9.95. The molecule has 21 heavy (non-hydrogen) atoms. The molecular weight excluding hydrogens is 272 g/mol. The zero-order valence-corrected chi connectivity index (χ0v) is 13.6. The zero-order valence-electron chi connectivity index (χ0n) is 13.6. The Bertz CT molecular complexity index is 341. The number of amides is 1. The van der Waals surface area contributed by atoms with Gasteiger partial charge in [-0.2, -0.15) is 0 Å². The smallest absolute Gasteiger partial charge is 0.310 e. The first-order valence-electron chi connectivity index (χ1n) is 7.58. The average Bonchev–Trinajstić information content (AvgIpc) is 2.98. The van der Waals surface area contributed by atoms with Gasteiger partial charge < -0.3 is 19.3 Å². The summed E-state index contributed by atoms with van der Waals surface area (Å²) in [5.41, 5.74) is 0. The summed E-state index contributed by atoms with van der Waals surface area (Å²) in [5.74, 6) is -0.602. The van der Waals surface area contributed by atoms with Crippen molar-refractivity contribution in [2.75, 3.05) is 47.4 Å². The van der Waals surface area contributed by atoms with Gasteiger partial charge in [-0.15, -0.1) is 0 Å². The van der Waals surface area contributed by atoms with E-state index in [9.17, 15) is 9.59 Å². The third-order valence-corrected chi connectivity index (χ3v) is 3.65. The van der Waals surface area contributed by atoms with Crippen molar-refractivity contribution in [2.45, 2.75) is 32.3 Å². The molecule has 1 aliphatic heterocycles. The molecule has 6 heteroatoms. The molecule has 0 bridgehead atoms. The highest BCUT2D eigenvalue weighted by Crippen LogP contribution is 2.16. The fourth-order valence-electron chi connectivity index (χ4n) is 2.45. The maximum Gasteiger partial charge on any atom is 0.310 e. The van der Waals surface area contributed by atoms with Crippen LogP contribution in [0.3, 0.4) is 0 Å². The molecule has 2 unspecified atom stereocenters. The summed E-state index contributed by atoms with van der Waals surface area (Å²) in [7, 11) is 5.38. The van der Waals surface area contributed by atoms with Crippen LogP contribution in [0.5, 0.6) is 0 Å². The highest BCUT2D eigenvalue weighted by Gasteiger charge is 2.30. The van der Waals surface area contributed by atoms with Gasteiger partial charge >= 0.3 is 5.97 Å². The lowest BCUT2D eigenvalue weighted by atomic mass is 10.1. The summed E-state index contributed by atoms with van der Waals surface area (Å²) in [6, 6.07) is 0. The number of ether oxygens (including phenoxy) is 2. The first kappa shape index (κ1) is 17.9. The van der Waals surface area contributed by atoms with Gasteiger partial charge in [0.2, 0.25) is 0 Å². The fraction of sp³-hybridized carbons (Fsp3) is 0.867. The molecule has 1 rings (SSSR count). The SMILES string of the molecule is COC(=O)C(C)CN(CCCN(C)C)C(=O)C1CCCO1. The lowest BCUT2D eigenvalue weighted by molar-refractivity contribution is -0.148. The topological polar surface area (TPSA) is 59.1 Å². The van der Waals surface area contributed by atoms with Gasteiger partial charge in [-0.3, -0.25) is 9.59 Å². The van der Waals surface area contributed by atoms with Crippen molar-refractivity contribution in [1.29, 1.82) is 0 Å². The standard InChI is InChI=1S/C15H28N2O4/c1-12(15(19)20-4)11-17(9-6-8-16(2)3)14(18)13-7-5-10-21-13/h12-13H,5-11H2,1-4H3. The van der Waals surface area contributed by atoms with Crippen LogP contribution in [0.2, 0.25) is 0 Å². The quantitative estimate of drug-likeness (QED) is 0.619. The van der Waals surface area contributed by atoms with Crippen molar-refractivity contribution in [3.63, 3.8) is 0 Å². The minimum absolute atomic E-state index is 0.00186. The van der Waals surface area contributed by atoms with E-state index in [0.29, 0.717) is 19.7 Å². The van der Waals surface area contributed by atoms with Gasteiger partial charge in [0.15, 0.2) is 0 Å². The third-order valence-electron chi connectivity index (χ3n) is 3.65. The number of carbonyl (C=O) groups excluding carboxylic acids is 2. The second kappa shape index (κ2) is 9.00. The van der Waals surface area contributed by atoms with Crippen LogP contribution < -0.4 is 0 Å². The Balaban J connectivity index is 2.59. The Morgan fingerprint density at radius 2 is 2.05 bits per heavy atom. The van der Waals surface area contributed by atoms with Gasteiger partial charge in [0.1, 0.15) is 6.10 Å². The predicted molar refractivity (Wildman–Crippen MR) is 79.9 cm³/mol. The van der Waals surface area contributed by atoms with Crippen molar-refractivity contribution in [3.8, 4) is 0 Å². The molecule has 1 fully saturated rings. The molecular formula is C15H28N2O4. The minimum Gasteiger partial charge on any atom is -0.469 e. The highest BCUT2D eigenvalue weighted by molar-refractivity contribution is 5.82. The normalized spacial score (nSPS) is 19.6. The molecule has 1 saturated heterocycles. The molecule has 0 spiro atoms. The van der Waals surface area contributed by atoms with E-state index in [-0.39, 0.29) is 23.9 Å². The molecule has 1 amide bonds. The average molecular weight is 300 g/mol. The number of carbonyl (C=O) groups is 2. The molecule has 1 heterocycles. The predicted octanol–water partition coefficient (Wildman–Crippen LogP) is 0.755. The Morgan fingerprint density at radius 1 is 1.33 bits per heavy atom. The summed E-state index contributed by atoms with van der Waals surface area (Å²) in [6.07, 6.45) is 2.23. The van der Waals surface area contributed by atoms with Crippen molar-refractivity contribution >= 4 is 11.9 Å². The van der Waals surface area contributed by atoms with Crippen LogP contribution >= 0.6 is 0 Å². The summed E-state index contributed by atoms with van der Waals surface area (Å²) in [5, 5.41) is 0. The molecule has 122 valence electrons. The van der Waals surface area contributed by atoms with Crippen LogP contribution in [-0.4, -0.2) is 75.2 Å². The molecule has 0 aromatic carbocycles. The van der Waals surface area contributed by atoms with Crippen molar-refractivity contribution in [2.24, 2.45) is 5.92 Å². The molecule has 0 saturated carbocycles. The number of hydrogen-bond donors (Lipinski definition) is 0. The van der Waals surface area contributed by atoms with Crippen LogP contribution in [0, 0.1) is 5.92 Å². The first-order valence-corrected chi connectivity index (χ1v) is 7.58. The van der Waals surface area contributed by atoms with Gasteiger partial charge in [0, 0.05) is 19.7 Å². The molecule has 1 aliphatic rings. The molecule has 0 aromatic rings. The summed E-state index contributed by atoms with van der Waals surface area (Å²) < 4.78 is 10.2. The van der Waals surface area contributed by atoms with Crippen LogP contribution in [0.25, 0.3) is 0 Å². The highest BCUT2D eigenvalue weighted by atomic mass is 16.5. The van der Waals surface area contributed by atoms with Crippen LogP contribution in [0.4, 0.5) is 0 Å². The van der Waals surface area contributed by atoms with E-state index in [2.05, 4.69) is 4.90 Å². The van der Waals surface area contributed by atoms with Crippen LogP contribution in [0.15, 0.2) is 0 Å². The molecule has 6 nitrogen and oxygen atoms in total. The number of nitrogens with zero attached hydrogens (tertiary/aromatic N) is 2. The van der Waals surface area contributed by atoms with E-state index in [1.807, 2.05) is 14.1 Å². The molecule has 0 radical (unpaired) electrons.